The zero-order valence-corrected chi connectivity index (χ0v) is 15.6. The first kappa shape index (κ1) is 16.7. The van der Waals surface area contributed by atoms with E-state index in [-0.39, 0.29) is 35.5 Å². The van der Waals surface area contributed by atoms with Crippen molar-refractivity contribution in [3.05, 3.63) is 59.7 Å². The molecule has 4 amide bonds. The van der Waals surface area contributed by atoms with E-state index < -0.39 is 0 Å². The van der Waals surface area contributed by atoms with Crippen molar-refractivity contribution >= 4 is 35.0 Å². The Morgan fingerprint density at radius 1 is 0.621 bits per heavy atom. The van der Waals surface area contributed by atoms with Gasteiger partial charge in [0.1, 0.15) is 0 Å². The van der Waals surface area contributed by atoms with Gasteiger partial charge >= 0.3 is 0 Å². The lowest BCUT2D eigenvalue weighted by Crippen LogP contribution is -2.33. The summed E-state index contributed by atoms with van der Waals surface area (Å²) in [5.74, 6) is -0.584. The van der Waals surface area contributed by atoms with Crippen LogP contribution < -0.4 is 9.80 Å². The Bertz CT molecular complexity index is 1040. The molecule has 0 N–H and O–H groups in total. The van der Waals surface area contributed by atoms with Crippen LogP contribution in [0.25, 0.3) is 0 Å². The average molecular weight is 386 g/mol. The average Bonchev–Trinajstić information content (AvgIpc) is 3.47. The first-order chi connectivity index (χ1) is 14.1. The molecule has 2 aliphatic heterocycles. The van der Waals surface area contributed by atoms with E-state index in [4.69, 9.17) is 0 Å². The van der Waals surface area contributed by atoms with E-state index in [1.807, 2.05) is 0 Å². The van der Waals surface area contributed by atoms with E-state index in [1.54, 1.807) is 48.5 Å². The van der Waals surface area contributed by atoms with E-state index in [2.05, 4.69) is 0 Å². The minimum atomic E-state index is -0.363. The molecule has 2 saturated carbocycles. The van der Waals surface area contributed by atoms with Crippen LogP contribution in [-0.2, 0) is 9.59 Å². The van der Waals surface area contributed by atoms with Crippen molar-refractivity contribution < 1.29 is 19.2 Å². The van der Waals surface area contributed by atoms with Gasteiger partial charge in [-0.15, -0.1) is 0 Å². The second kappa shape index (κ2) is 5.63. The van der Waals surface area contributed by atoms with Gasteiger partial charge in [0.05, 0.1) is 34.3 Å². The number of imide groups is 2. The highest BCUT2D eigenvalue weighted by atomic mass is 16.2. The molecule has 2 bridgehead atoms. The molecule has 4 aliphatic rings. The van der Waals surface area contributed by atoms with E-state index >= 15 is 0 Å². The molecule has 6 nitrogen and oxygen atoms in total. The van der Waals surface area contributed by atoms with Crippen molar-refractivity contribution in [1.82, 2.24) is 0 Å². The summed E-state index contributed by atoms with van der Waals surface area (Å²) in [7, 11) is 0. The second-order valence-corrected chi connectivity index (χ2v) is 8.40. The quantitative estimate of drug-likeness (QED) is 0.744. The van der Waals surface area contributed by atoms with Gasteiger partial charge < -0.3 is 0 Å². The number of hydrogen-bond donors (Lipinski definition) is 0. The van der Waals surface area contributed by atoms with Gasteiger partial charge in [-0.05, 0) is 67.5 Å². The molecular formula is C23H18N2O4. The van der Waals surface area contributed by atoms with Gasteiger partial charge in [0, 0.05) is 0 Å². The zero-order chi connectivity index (χ0) is 19.9. The first-order valence-corrected chi connectivity index (χ1v) is 10.0. The number of anilines is 2. The summed E-state index contributed by atoms with van der Waals surface area (Å²) < 4.78 is 0. The summed E-state index contributed by atoms with van der Waals surface area (Å²) in [6.45, 7) is 0. The highest BCUT2D eigenvalue weighted by molar-refractivity contribution is 6.34. The predicted octanol–water partition coefficient (Wildman–Crippen LogP) is 3.02. The molecule has 2 aromatic carbocycles. The summed E-state index contributed by atoms with van der Waals surface area (Å²) in [6, 6.07) is 13.3. The molecule has 0 unspecified atom stereocenters. The number of rotatable bonds is 2. The Labute approximate surface area is 167 Å². The Balaban J connectivity index is 1.31. The molecule has 6 heteroatoms. The van der Waals surface area contributed by atoms with Gasteiger partial charge in [0.25, 0.3) is 11.8 Å². The van der Waals surface area contributed by atoms with Crippen LogP contribution in [-0.4, -0.2) is 23.6 Å². The number of hydrogen-bond acceptors (Lipinski definition) is 4. The minimum absolute atomic E-state index is 0.0966. The molecule has 2 aromatic rings. The number of carbonyl (C=O) groups is 4. The molecule has 2 heterocycles. The molecule has 29 heavy (non-hydrogen) atoms. The summed E-state index contributed by atoms with van der Waals surface area (Å²) in [6.07, 6.45) is 3.08. The third kappa shape index (κ3) is 2.06. The lowest BCUT2D eigenvalue weighted by Gasteiger charge is -2.19. The van der Waals surface area contributed by atoms with Gasteiger partial charge in [-0.1, -0.05) is 12.1 Å². The van der Waals surface area contributed by atoms with Crippen molar-refractivity contribution in [2.75, 3.05) is 9.80 Å². The monoisotopic (exact) mass is 386 g/mol. The summed E-state index contributed by atoms with van der Waals surface area (Å²) >= 11 is 0. The summed E-state index contributed by atoms with van der Waals surface area (Å²) in [5.41, 5.74) is 1.71. The molecule has 1 saturated heterocycles. The van der Waals surface area contributed by atoms with Crippen LogP contribution in [0.5, 0.6) is 0 Å². The highest BCUT2D eigenvalue weighted by Crippen LogP contribution is 2.56. The second-order valence-electron chi connectivity index (χ2n) is 8.40. The lowest BCUT2D eigenvalue weighted by atomic mass is 9.81. The molecule has 2 aliphatic carbocycles. The molecule has 3 fully saturated rings. The van der Waals surface area contributed by atoms with Crippen molar-refractivity contribution in [2.24, 2.45) is 23.7 Å². The molecule has 0 radical (unpaired) electrons. The predicted molar refractivity (Wildman–Crippen MR) is 104 cm³/mol. The summed E-state index contributed by atoms with van der Waals surface area (Å²) in [4.78, 5) is 53.7. The smallest absolute Gasteiger partial charge is 0.266 e. The zero-order valence-electron chi connectivity index (χ0n) is 15.6. The molecular weight excluding hydrogens is 368 g/mol. The number of fused-ring (bicyclic) bond motifs is 6. The van der Waals surface area contributed by atoms with Gasteiger partial charge in [-0.25, -0.2) is 4.90 Å². The van der Waals surface area contributed by atoms with E-state index in [9.17, 15) is 19.2 Å². The standard InChI is InChI=1S/C23H18N2O4/c26-20-16-3-1-2-4-17(16)21(27)24(20)14-7-9-15(10-8-14)25-22(28)18-12-5-6-13(11-12)19(18)23(25)29/h1-4,7-10,12-13,18-19H,5-6,11H2/t12-,13-,18+,19+/m0/s1. The third-order valence-corrected chi connectivity index (χ3v) is 7.09. The maximum atomic E-state index is 13.0. The third-order valence-electron chi connectivity index (χ3n) is 7.09. The Morgan fingerprint density at radius 2 is 1.07 bits per heavy atom. The van der Waals surface area contributed by atoms with Gasteiger partial charge in [0.15, 0.2) is 0 Å². The van der Waals surface area contributed by atoms with Crippen molar-refractivity contribution in [1.29, 1.82) is 0 Å². The fourth-order valence-electron chi connectivity index (χ4n) is 5.84. The fraction of sp³-hybridized carbons (Fsp3) is 0.304. The van der Waals surface area contributed by atoms with Crippen molar-refractivity contribution in [2.45, 2.75) is 19.3 Å². The Hall–Kier alpha value is -3.28. The van der Waals surface area contributed by atoms with E-state index in [0.717, 1.165) is 24.2 Å². The van der Waals surface area contributed by atoms with Crippen LogP contribution in [0, 0.1) is 23.7 Å². The van der Waals surface area contributed by atoms with Crippen molar-refractivity contribution in [3.63, 3.8) is 0 Å². The lowest BCUT2D eigenvalue weighted by molar-refractivity contribution is -0.123. The fourth-order valence-corrected chi connectivity index (χ4v) is 5.84. The van der Waals surface area contributed by atoms with Crippen LogP contribution in [0.2, 0.25) is 0 Å². The highest BCUT2D eigenvalue weighted by Gasteiger charge is 2.61. The Morgan fingerprint density at radius 3 is 1.55 bits per heavy atom. The van der Waals surface area contributed by atoms with Gasteiger partial charge in [-0.3, -0.25) is 24.1 Å². The molecule has 4 atom stereocenters. The molecule has 0 spiro atoms. The SMILES string of the molecule is O=C1c2ccccc2C(=O)N1c1ccc(N2C(=O)[C@@H]3[C@H]4CC[C@@H](C4)[C@H]3C2=O)cc1. The van der Waals surface area contributed by atoms with Crippen LogP contribution in [0.15, 0.2) is 48.5 Å². The number of nitrogens with zero attached hydrogens (tertiary/aromatic N) is 2. The molecule has 0 aromatic heterocycles. The van der Waals surface area contributed by atoms with Crippen LogP contribution >= 0.6 is 0 Å². The maximum absolute atomic E-state index is 13.0. The Kier molecular flexibility index (Phi) is 3.23. The largest absolute Gasteiger partial charge is 0.274 e. The molecule has 144 valence electrons. The topological polar surface area (TPSA) is 74.8 Å². The minimum Gasteiger partial charge on any atom is -0.274 e. The first-order valence-electron chi connectivity index (χ1n) is 10.0. The number of amides is 4. The molecule has 6 rings (SSSR count). The maximum Gasteiger partial charge on any atom is 0.266 e. The van der Waals surface area contributed by atoms with Gasteiger partial charge in [0.2, 0.25) is 11.8 Å². The normalized spacial score (nSPS) is 29.8. The van der Waals surface area contributed by atoms with E-state index in [1.165, 1.54) is 4.90 Å². The number of benzene rings is 2. The van der Waals surface area contributed by atoms with Crippen LogP contribution in [0.1, 0.15) is 40.0 Å². The van der Waals surface area contributed by atoms with Crippen LogP contribution in [0.3, 0.4) is 0 Å². The number of carbonyl (C=O) groups excluding carboxylic acids is 4. The van der Waals surface area contributed by atoms with Crippen LogP contribution in [0.4, 0.5) is 11.4 Å². The van der Waals surface area contributed by atoms with Gasteiger partial charge in [-0.2, -0.15) is 0 Å². The van der Waals surface area contributed by atoms with E-state index in [0.29, 0.717) is 34.3 Å². The van der Waals surface area contributed by atoms with Crippen molar-refractivity contribution in [3.8, 4) is 0 Å². The summed E-state index contributed by atoms with van der Waals surface area (Å²) in [5, 5.41) is 0.